The van der Waals surface area contributed by atoms with Crippen molar-refractivity contribution in [2.24, 2.45) is 0 Å². The van der Waals surface area contributed by atoms with Gasteiger partial charge in [-0.25, -0.2) is 0 Å². The number of nitrogens with one attached hydrogen (secondary N) is 2. The Morgan fingerprint density at radius 3 is 1.07 bits per heavy atom. The summed E-state index contributed by atoms with van der Waals surface area (Å²) in [4.78, 5) is 24.0. The Hall–Kier alpha value is -2.10. The minimum absolute atomic E-state index is 0.101. The first-order valence-electron chi connectivity index (χ1n) is 17.8. The van der Waals surface area contributed by atoms with Crippen LogP contribution in [0.5, 0.6) is 0 Å². The Labute approximate surface area is 261 Å². The van der Waals surface area contributed by atoms with Gasteiger partial charge in [0.25, 0.3) is 0 Å². The van der Waals surface area contributed by atoms with Crippen LogP contribution in [0.2, 0.25) is 0 Å². The smallest absolute Gasteiger partial charge is 0.220 e. The molecular weight excluding hydrogens is 516 g/mol. The number of allylic oxidation sites excluding steroid dienone is 8. The van der Waals surface area contributed by atoms with Crippen molar-refractivity contribution in [1.82, 2.24) is 10.6 Å². The van der Waals surface area contributed by atoms with Crippen LogP contribution >= 0.6 is 0 Å². The molecule has 0 rings (SSSR count). The number of unbranched alkanes of at least 4 members (excludes halogenated alkanes) is 16. The van der Waals surface area contributed by atoms with Crippen LogP contribution in [-0.4, -0.2) is 24.9 Å². The summed E-state index contributed by atoms with van der Waals surface area (Å²) in [6, 6.07) is 0. The van der Waals surface area contributed by atoms with E-state index in [1.807, 2.05) is 0 Å². The van der Waals surface area contributed by atoms with Crippen molar-refractivity contribution in [2.75, 3.05) is 13.1 Å². The summed E-state index contributed by atoms with van der Waals surface area (Å²) in [5.74, 6) is 0.201. The molecule has 0 aliphatic heterocycles. The average molecular weight is 585 g/mol. The number of hydrogen-bond donors (Lipinski definition) is 2. The van der Waals surface area contributed by atoms with Gasteiger partial charge in [0.2, 0.25) is 11.8 Å². The molecule has 0 aliphatic carbocycles. The third-order valence-corrected chi connectivity index (χ3v) is 7.48. The van der Waals surface area contributed by atoms with Crippen LogP contribution in [0.25, 0.3) is 0 Å². The molecule has 0 aliphatic rings. The van der Waals surface area contributed by atoms with E-state index >= 15 is 0 Å². The minimum Gasteiger partial charge on any atom is -0.354 e. The summed E-state index contributed by atoms with van der Waals surface area (Å²) in [5.41, 5.74) is 0. The van der Waals surface area contributed by atoms with Crippen LogP contribution in [0.3, 0.4) is 0 Å². The van der Waals surface area contributed by atoms with Gasteiger partial charge in [-0.2, -0.15) is 0 Å². The van der Waals surface area contributed by atoms with Crippen molar-refractivity contribution in [3.8, 4) is 0 Å². The van der Waals surface area contributed by atoms with Crippen LogP contribution in [0.15, 0.2) is 48.6 Å². The standard InChI is InChI=1S/C38H68N2O2/c1-3-5-7-9-11-13-15-17-19-21-23-25-27-29-31-33-37(41)39-35-36-40-38(42)34-32-30-28-26-24-22-20-18-16-14-12-10-8-6-4-2/h11-14,17-20H,3-10,15-16,21-36H2,1-2H3,(H,39,41)(H,40,42)/b13-11-,14-12-,19-17-,20-18-. The van der Waals surface area contributed by atoms with E-state index in [0.29, 0.717) is 25.9 Å². The van der Waals surface area contributed by atoms with Gasteiger partial charge in [0.05, 0.1) is 0 Å². The SMILES string of the molecule is CCCCC/C=C\C/C=C\CCCCCCCC(=O)NCCNC(=O)CCCCCCC/C=C\C/C=C\CCCCC. The molecule has 2 amide bonds. The first-order valence-corrected chi connectivity index (χ1v) is 17.8. The van der Waals surface area contributed by atoms with Crippen molar-refractivity contribution in [2.45, 2.75) is 168 Å². The molecule has 4 nitrogen and oxygen atoms in total. The second-order valence-corrected chi connectivity index (χ2v) is 11.7. The van der Waals surface area contributed by atoms with E-state index in [1.54, 1.807) is 0 Å². The maximum Gasteiger partial charge on any atom is 0.220 e. The predicted octanol–water partition coefficient (Wildman–Crippen LogP) is 10.8. The number of rotatable bonds is 31. The number of carbonyl (C=O) groups excluding carboxylic acids is 2. The van der Waals surface area contributed by atoms with Gasteiger partial charge in [0.15, 0.2) is 0 Å². The van der Waals surface area contributed by atoms with E-state index < -0.39 is 0 Å². The lowest BCUT2D eigenvalue weighted by Gasteiger charge is -2.07. The van der Waals surface area contributed by atoms with E-state index in [1.165, 1.54) is 89.9 Å². The van der Waals surface area contributed by atoms with Crippen LogP contribution < -0.4 is 10.6 Å². The fraction of sp³-hybridized carbons (Fsp3) is 0.737. The van der Waals surface area contributed by atoms with Gasteiger partial charge >= 0.3 is 0 Å². The van der Waals surface area contributed by atoms with Crippen molar-refractivity contribution in [1.29, 1.82) is 0 Å². The van der Waals surface area contributed by atoms with Gasteiger partial charge < -0.3 is 10.6 Å². The third kappa shape index (κ3) is 34.1. The lowest BCUT2D eigenvalue weighted by Crippen LogP contribution is -2.34. The van der Waals surface area contributed by atoms with Crippen molar-refractivity contribution >= 4 is 11.8 Å². The highest BCUT2D eigenvalue weighted by Crippen LogP contribution is 2.09. The molecule has 0 fully saturated rings. The average Bonchev–Trinajstić information content (AvgIpc) is 2.99. The van der Waals surface area contributed by atoms with E-state index in [2.05, 4.69) is 73.1 Å². The first kappa shape index (κ1) is 39.9. The van der Waals surface area contributed by atoms with E-state index in [4.69, 9.17) is 0 Å². The highest BCUT2D eigenvalue weighted by molar-refractivity contribution is 5.77. The fourth-order valence-electron chi connectivity index (χ4n) is 4.77. The Morgan fingerprint density at radius 1 is 0.405 bits per heavy atom. The number of hydrogen-bond acceptors (Lipinski definition) is 2. The summed E-state index contributed by atoms with van der Waals surface area (Å²) >= 11 is 0. The highest BCUT2D eigenvalue weighted by atomic mass is 16.2. The molecular formula is C38H68N2O2. The molecule has 0 spiro atoms. The largest absolute Gasteiger partial charge is 0.354 e. The van der Waals surface area contributed by atoms with Gasteiger partial charge in [0, 0.05) is 25.9 Å². The van der Waals surface area contributed by atoms with Crippen LogP contribution in [0, 0.1) is 0 Å². The normalized spacial score (nSPS) is 12.0. The maximum absolute atomic E-state index is 12.0. The van der Waals surface area contributed by atoms with E-state index in [9.17, 15) is 9.59 Å². The predicted molar refractivity (Wildman–Crippen MR) is 185 cm³/mol. The minimum atomic E-state index is 0.101. The van der Waals surface area contributed by atoms with Gasteiger partial charge in [-0.1, -0.05) is 127 Å². The van der Waals surface area contributed by atoms with E-state index in [-0.39, 0.29) is 11.8 Å². The summed E-state index contributed by atoms with van der Waals surface area (Å²) in [5, 5.41) is 5.86. The first-order chi connectivity index (χ1) is 20.7. The molecule has 242 valence electrons. The zero-order valence-electron chi connectivity index (χ0n) is 27.8. The topological polar surface area (TPSA) is 58.2 Å². The summed E-state index contributed by atoms with van der Waals surface area (Å²) in [7, 11) is 0. The lowest BCUT2D eigenvalue weighted by atomic mass is 10.1. The maximum atomic E-state index is 12.0. The van der Waals surface area contributed by atoms with Gasteiger partial charge in [-0.05, 0) is 77.0 Å². The molecule has 0 aromatic heterocycles. The second kappa shape index (κ2) is 35.1. The van der Waals surface area contributed by atoms with Gasteiger partial charge in [0.1, 0.15) is 0 Å². The number of carbonyl (C=O) groups is 2. The monoisotopic (exact) mass is 585 g/mol. The Balaban J connectivity index is 3.40. The Kier molecular flexibility index (Phi) is 33.3. The molecule has 0 aromatic rings. The summed E-state index contributed by atoms with van der Waals surface area (Å²) < 4.78 is 0. The molecule has 2 N–H and O–H groups in total. The van der Waals surface area contributed by atoms with Crippen molar-refractivity contribution in [3.05, 3.63) is 48.6 Å². The highest BCUT2D eigenvalue weighted by Gasteiger charge is 2.03. The summed E-state index contributed by atoms with van der Waals surface area (Å²) in [6.45, 7) is 5.53. The molecule has 0 aromatic carbocycles. The third-order valence-electron chi connectivity index (χ3n) is 7.48. The second-order valence-electron chi connectivity index (χ2n) is 11.7. The van der Waals surface area contributed by atoms with E-state index in [0.717, 1.165) is 51.4 Å². The molecule has 0 unspecified atom stereocenters. The van der Waals surface area contributed by atoms with Crippen molar-refractivity contribution in [3.63, 3.8) is 0 Å². The molecule has 0 saturated carbocycles. The summed E-state index contributed by atoms with van der Waals surface area (Å²) in [6.07, 6.45) is 45.7. The van der Waals surface area contributed by atoms with Crippen LogP contribution in [0.4, 0.5) is 0 Å². The molecule has 42 heavy (non-hydrogen) atoms. The Morgan fingerprint density at radius 2 is 0.714 bits per heavy atom. The zero-order valence-corrected chi connectivity index (χ0v) is 27.8. The van der Waals surface area contributed by atoms with Crippen molar-refractivity contribution < 1.29 is 9.59 Å². The molecule has 0 bridgehead atoms. The molecule has 0 saturated heterocycles. The lowest BCUT2D eigenvalue weighted by molar-refractivity contribution is -0.123. The van der Waals surface area contributed by atoms with Crippen LogP contribution in [-0.2, 0) is 9.59 Å². The zero-order chi connectivity index (χ0) is 30.6. The van der Waals surface area contributed by atoms with Gasteiger partial charge in [-0.15, -0.1) is 0 Å². The Bertz CT molecular complexity index is 648. The molecule has 4 heteroatoms. The molecule has 0 heterocycles. The number of amides is 2. The van der Waals surface area contributed by atoms with Gasteiger partial charge in [-0.3, -0.25) is 9.59 Å². The quantitative estimate of drug-likeness (QED) is 0.0629. The molecule has 0 atom stereocenters. The molecule has 0 radical (unpaired) electrons. The van der Waals surface area contributed by atoms with Crippen LogP contribution in [0.1, 0.15) is 168 Å². The fourth-order valence-corrected chi connectivity index (χ4v) is 4.77.